The predicted octanol–water partition coefficient (Wildman–Crippen LogP) is 2.90. The van der Waals surface area contributed by atoms with Crippen molar-refractivity contribution in [2.75, 3.05) is 11.9 Å². The number of nitrogens with one attached hydrogen (secondary N) is 2. The molecule has 0 aliphatic heterocycles. The largest absolute Gasteiger partial charge is 0.352 e. The summed E-state index contributed by atoms with van der Waals surface area (Å²) in [7, 11) is 0. The molecule has 27 heavy (non-hydrogen) atoms. The molecule has 10 nitrogen and oxygen atoms in total. The molecule has 2 aromatic rings. The molecule has 0 saturated heterocycles. The van der Waals surface area contributed by atoms with E-state index in [4.69, 9.17) is 0 Å². The van der Waals surface area contributed by atoms with E-state index in [9.17, 15) is 29.8 Å². The second-order valence-corrected chi connectivity index (χ2v) is 5.47. The lowest BCUT2D eigenvalue weighted by atomic mass is 10.1. The van der Waals surface area contributed by atoms with E-state index in [0.29, 0.717) is 6.54 Å². The molecule has 2 aromatic carbocycles. The third-order valence-corrected chi connectivity index (χ3v) is 3.59. The Hall–Kier alpha value is -3.82. The smallest absolute Gasteiger partial charge is 0.289 e. The van der Waals surface area contributed by atoms with E-state index >= 15 is 0 Å². The Morgan fingerprint density at radius 1 is 0.963 bits per heavy atom. The molecule has 0 spiro atoms. The molecule has 0 unspecified atom stereocenters. The van der Waals surface area contributed by atoms with Crippen LogP contribution in [0.15, 0.2) is 42.5 Å². The number of anilines is 1. The lowest BCUT2D eigenvalue weighted by Crippen LogP contribution is -2.26. The summed E-state index contributed by atoms with van der Waals surface area (Å²) in [6.07, 6.45) is 0.731. The van der Waals surface area contributed by atoms with Gasteiger partial charge in [0.25, 0.3) is 23.2 Å². The molecule has 0 fully saturated rings. The maximum Gasteiger partial charge on any atom is 0.289 e. The van der Waals surface area contributed by atoms with Crippen molar-refractivity contribution in [3.05, 3.63) is 73.8 Å². The van der Waals surface area contributed by atoms with Crippen LogP contribution in [0.4, 0.5) is 17.1 Å². The van der Waals surface area contributed by atoms with Crippen LogP contribution in [-0.4, -0.2) is 28.2 Å². The SMILES string of the molecule is CCCNC(=O)c1ccccc1NC(=O)c1ccc([N+](=O)[O-])cc1[N+](=O)[O-]. The number of carbonyl (C=O) groups excluding carboxylic acids is 2. The average molecular weight is 372 g/mol. The monoisotopic (exact) mass is 372 g/mol. The van der Waals surface area contributed by atoms with Crippen molar-refractivity contribution in [2.24, 2.45) is 0 Å². The van der Waals surface area contributed by atoms with Gasteiger partial charge in [-0.15, -0.1) is 0 Å². The summed E-state index contributed by atoms with van der Waals surface area (Å²) < 4.78 is 0. The van der Waals surface area contributed by atoms with Gasteiger partial charge in [0.05, 0.1) is 27.2 Å². The fourth-order valence-electron chi connectivity index (χ4n) is 2.29. The predicted molar refractivity (Wildman–Crippen MR) is 96.8 cm³/mol. The number of para-hydroxylation sites is 1. The van der Waals surface area contributed by atoms with Crippen LogP contribution in [0, 0.1) is 20.2 Å². The van der Waals surface area contributed by atoms with Gasteiger partial charge in [0.15, 0.2) is 0 Å². The number of hydrogen-bond donors (Lipinski definition) is 2. The van der Waals surface area contributed by atoms with Gasteiger partial charge in [-0.2, -0.15) is 0 Å². The molecule has 0 atom stereocenters. The number of benzene rings is 2. The van der Waals surface area contributed by atoms with Crippen LogP contribution >= 0.6 is 0 Å². The number of carbonyl (C=O) groups is 2. The van der Waals surface area contributed by atoms with Crippen molar-refractivity contribution < 1.29 is 19.4 Å². The normalized spacial score (nSPS) is 10.1. The van der Waals surface area contributed by atoms with Crippen LogP contribution < -0.4 is 10.6 Å². The molecule has 0 aromatic heterocycles. The van der Waals surface area contributed by atoms with E-state index in [-0.39, 0.29) is 16.8 Å². The van der Waals surface area contributed by atoms with Gasteiger partial charge in [-0.1, -0.05) is 19.1 Å². The second-order valence-electron chi connectivity index (χ2n) is 5.47. The van der Waals surface area contributed by atoms with E-state index in [1.165, 1.54) is 12.1 Å². The van der Waals surface area contributed by atoms with Crippen LogP contribution in [0.3, 0.4) is 0 Å². The number of rotatable bonds is 7. The van der Waals surface area contributed by atoms with Crippen molar-refractivity contribution in [1.29, 1.82) is 0 Å². The maximum absolute atomic E-state index is 12.5. The quantitative estimate of drug-likeness (QED) is 0.565. The fourth-order valence-corrected chi connectivity index (χ4v) is 2.29. The zero-order valence-corrected chi connectivity index (χ0v) is 14.3. The molecule has 0 saturated carbocycles. The summed E-state index contributed by atoms with van der Waals surface area (Å²) in [6, 6.07) is 8.92. The summed E-state index contributed by atoms with van der Waals surface area (Å²) in [5.74, 6) is -1.25. The van der Waals surface area contributed by atoms with Crippen molar-refractivity contribution in [2.45, 2.75) is 13.3 Å². The van der Waals surface area contributed by atoms with Crippen LogP contribution in [0.25, 0.3) is 0 Å². The van der Waals surface area contributed by atoms with Gasteiger partial charge in [0.2, 0.25) is 0 Å². The third kappa shape index (κ3) is 4.63. The van der Waals surface area contributed by atoms with E-state index in [2.05, 4.69) is 10.6 Å². The maximum atomic E-state index is 12.5. The van der Waals surface area contributed by atoms with Gasteiger partial charge in [0.1, 0.15) is 5.56 Å². The molecule has 0 heterocycles. The highest BCUT2D eigenvalue weighted by molar-refractivity contribution is 6.10. The summed E-state index contributed by atoms with van der Waals surface area (Å²) in [5, 5.41) is 27.1. The summed E-state index contributed by atoms with van der Waals surface area (Å²) in [5.41, 5.74) is -1.19. The Morgan fingerprint density at radius 2 is 1.67 bits per heavy atom. The number of nitro benzene ring substituents is 2. The van der Waals surface area contributed by atoms with Crippen molar-refractivity contribution in [1.82, 2.24) is 5.32 Å². The first kappa shape index (κ1) is 19.5. The second kappa shape index (κ2) is 8.52. The molecule has 10 heteroatoms. The van der Waals surface area contributed by atoms with Gasteiger partial charge in [0, 0.05) is 12.6 Å². The number of amides is 2. The summed E-state index contributed by atoms with van der Waals surface area (Å²) >= 11 is 0. The number of nitrogens with zero attached hydrogens (tertiary/aromatic N) is 2. The van der Waals surface area contributed by atoms with E-state index in [0.717, 1.165) is 24.6 Å². The molecule has 0 bridgehead atoms. The summed E-state index contributed by atoms with van der Waals surface area (Å²) in [4.78, 5) is 45.0. The first-order valence-electron chi connectivity index (χ1n) is 7.96. The fraction of sp³-hybridized carbons (Fsp3) is 0.176. The van der Waals surface area contributed by atoms with E-state index in [1.54, 1.807) is 12.1 Å². The number of non-ortho nitro benzene ring substituents is 1. The van der Waals surface area contributed by atoms with Crippen LogP contribution in [-0.2, 0) is 0 Å². The molecular formula is C17H16N4O6. The highest BCUT2D eigenvalue weighted by Crippen LogP contribution is 2.26. The Labute approximate surface area is 153 Å². The van der Waals surface area contributed by atoms with Gasteiger partial charge >= 0.3 is 0 Å². The molecule has 2 N–H and O–H groups in total. The minimum absolute atomic E-state index is 0.170. The third-order valence-electron chi connectivity index (χ3n) is 3.59. The molecule has 2 amide bonds. The number of hydrogen-bond acceptors (Lipinski definition) is 6. The lowest BCUT2D eigenvalue weighted by molar-refractivity contribution is -0.394. The lowest BCUT2D eigenvalue weighted by Gasteiger charge is -2.11. The van der Waals surface area contributed by atoms with Crippen LogP contribution in [0.2, 0.25) is 0 Å². The van der Waals surface area contributed by atoms with Crippen LogP contribution in [0.1, 0.15) is 34.1 Å². The first-order valence-corrected chi connectivity index (χ1v) is 7.96. The van der Waals surface area contributed by atoms with Crippen molar-refractivity contribution in [3.63, 3.8) is 0 Å². The topological polar surface area (TPSA) is 144 Å². The minimum Gasteiger partial charge on any atom is -0.352 e. The Bertz CT molecular complexity index is 912. The number of nitro groups is 2. The van der Waals surface area contributed by atoms with Gasteiger partial charge in [-0.05, 0) is 24.6 Å². The average Bonchev–Trinajstić information content (AvgIpc) is 2.65. The molecule has 2 rings (SSSR count). The van der Waals surface area contributed by atoms with Crippen molar-refractivity contribution in [3.8, 4) is 0 Å². The molecule has 140 valence electrons. The van der Waals surface area contributed by atoms with E-state index in [1.807, 2.05) is 6.92 Å². The standard InChI is InChI=1S/C17H16N4O6/c1-2-9-18-16(22)12-5-3-4-6-14(12)19-17(23)13-8-7-11(20(24)25)10-15(13)21(26)27/h3-8,10H,2,9H2,1H3,(H,18,22)(H,19,23). The first-order chi connectivity index (χ1) is 12.8. The Balaban J connectivity index is 2.34. The zero-order chi connectivity index (χ0) is 20.0. The highest BCUT2D eigenvalue weighted by Gasteiger charge is 2.25. The molecule has 0 aliphatic rings. The Kier molecular flexibility index (Phi) is 6.15. The van der Waals surface area contributed by atoms with E-state index < -0.39 is 33.0 Å². The Morgan fingerprint density at radius 3 is 2.30 bits per heavy atom. The molecule has 0 radical (unpaired) electrons. The molecule has 0 aliphatic carbocycles. The molecular weight excluding hydrogens is 356 g/mol. The summed E-state index contributed by atoms with van der Waals surface area (Å²) in [6.45, 7) is 2.34. The van der Waals surface area contributed by atoms with Gasteiger partial charge < -0.3 is 10.6 Å². The van der Waals surface area contributed by atoms with Crippen molar-refractivity contribution >= 4 is 28.9 Å². The minimum atomic E-state index is -0.873. The van der Waals surface area contributed by atoms with Gasteiger partial charge in [-0.3, -0.25) is 29.8 Å². The zero-order valence-electron chi connectivity index (χ0n) is 14.3. The van der Waals surface area contributed by atoms with Crippen LogP contribution in [0.5, 0.6) is 0 Å². The van der Waals surface area contributed by atoms with Gasteiger partial charge in [-0.25, -0.2) is 0 Å². The highest BCUT2D eigenvalue weighted by atomic mass is 16.6.